The molecule has 3 rings (SSSR count). The van der Waals surface area contributed by atoms with Crippen LogP contribution in [0.25, 0.3) is 0 Å². The number of likely N-dealkylation sites (tertiary alicyclic amines) is 1. The Bertz CT molecular complexity index is 641. The fraction of sp³-hybridized carbons (Fsp3) is 0.600. The second kappa shape index (κ2) is 6.79. The van der Waals surface area contributed by atoms with E-state index in [1.165, 1.54) is 11.5 Å². The van der Waals surface area contributed by atoms with E-state index in [0.717, 1.165) is 39.0 Å². The highest BCUT2D eigenvalue weighted by molar-refractivity contribution is 6.00. The van der Waals surface area contributed by atoms with Gasteiger partial charge in [-0.1, -0.05) is 18.2 Å². The van der Waals surface area contributed by atoms with E-state index in [2.05, 4.69) is 29.2 Å². The standard InChI is InChI=1S/C20H30N3O2/c1-20(2,3)25-19(24)23(4)14-10-16(11-15-23)18-21-12-13-22(18)17-8-6-5-7-9-17/h5-9,16H,10-15H2,1-4H3/q+1. The second-order valence-electron chi connectivity index (χ2n) is 8.32. The van der Waals surface area contributed by atoms with Gasteiger partial charge in [-0.25, -0.2) is 4.48 Å². The number of rotatable bonds is 2. The first kappa shape index (κ1) is 17.9. The lowest BCUT2D eigenvalue weighted by Gasteiger charge is -2.39. The third kappa shape index (κ3) is 4.03. The molecule has 0 bridgehead atoms. The summed E-state index contributed by atoms with van der Waals surface area (Å²) in [6.07, 6.45) is 1.83. The van der Waals surface area contributed by atoms with Gasteiger partial charge in [0.25, 0.3) is 0 Å². The van der Waals surface area contributed by atoms with Crippen LogP contribution in [0.2, 0.25) is 0 Å². The van der Waals surface area contributed by atoms with Crippen LogP contribution in [-0.4, -0.2) is 55.2 Å². The summed E-state index contributed by atoms with van der Waals surface area (Å²) in [5.41, 5.74) is 0.781. The van der Waals surface area contributed by atoms with E-state index < -0.39 is 5.60 Å². The quantitative estimate of drug-likeness (QED) is 0.768. The zero-order valence-corrected chi connectivity index (χ0v) is 15.9. The molecule has 136 valence electrons. The van der Waals surface area contributed by atoms with Crippen molar-refractivity contribution in [3.05, 3.63) is 30.3 Å². The van der Waals surface area contributed by atoms with Gasteiger partial charge in [0.05, 0.1) is 26.7 Å². The van der Waals surface area contributed by atoms with Crippen molar-refractivity contribution in [3.8, 4) is 0 Å². The molecule has 1 aromatic rings. The van der Waals surface area contributed by atoms with Crippen LogP contribution < -0.4 is 4.90 Å². The highest BCUT2D eigenvalue weighted by Gasteiger charge is 2.42. The van der Waals surface area contributed by atoms with Crippen LogP contribution in [-0.2, 0) is 4.74 Å². The molecule has 0 saturated carbocycles. The highest BCUT2D eigenvalue weighted by atomic mass is 16.6. The summed E-state index contributed by atoms with van der Waals surface area (Å²) in [7, 11) is 2.00. The fourth-order valence-electron chi connectivity index (χ4n) is 3.63. The molecule has 25 heavy (non-hydrogen) atoms. The Morgan fingerprint density at radius 2 is 1.84 bits per heavy atom. The number of carbonyl (C=O) groups excluding carboxylic acids is 1. The summed E-state index contributed by atoms with van der Waals surface area (Å²) < 4.78 is 5.99. The van der Waals surface area contributed by atoms with E-state index in [0.29, 0.717) is 10.4 Å². The average molecular weight is 344 g/mol. The molecule has 0 radical (unpaired) electrons. The molecular weight excluding hydrogens is 314 g/mol. The number of piperidine rings is 1. The van der Waals surface area contributed by atoms with Crippen LogP contribution in [0.4, 0.5) is 10.5 Å². The minimum absolute atomic E-state index is 0.112. The molecular formula is C20H30N3O2+. The zero-order chi connectivity index (χ0) is 18.1. The number of nitrogens with zero attached hydrogens (tertiary/aromatic N) is 3. The molecule has 0 atom stereocenters. The van der Waals surface area contributed by atoms with Crippen molar-refractivity contribution >= 4 is 17.6 Å². The normalized spacial score (nSPS) is 27.1. The van der Waals surface area contributed by atoms with Crippen LogP contribution in [0.15, 0.2) is 35.3 Å². The molecule has 0 aliphatic carbocycles. The SMILES string of the molecule is CC(C)(C)OC(=O)[N+]1(C)CCC(C2=NCCN2c2ccccc2)CC1. The van der Waals surface area contributed by atoms with Crippen LogP contribution in [0, 0.1) is 5.92 Å². The summed E-state index contributed by atoms with van der Waals surface area (Å²) >= 11 is 0. The number of hydrogen-bond acceptors (Lipinski definition) is 4. The molecule has 1 aromatic carbocycles. The highest BCUT2D eigenvalue weighted by Crippen LogP contribution is 2.30. The summed E-state index contributed by atoms with van der Waals surface area (Å²) in [4.78, 5) is 19.7. The molecule has 5 heteroatoms. The Morgan fingerprint density at radius 3 is 2.44 bits per heavy atom. The van der Waals surface area contributed by atoms with E-state index in [4.69, 9.17) is 9.73 Å². The Balaban J connectivity index is 1.65. The monoisotopic (exact) mass is 344 g/mol. The minimum atomic E-state index is -0.436. The van der Waals surface area contributed by atoms with Crippen LogP contribution in [0.1, 0.15) is 33.6 Å². The lowest BCUT2D eigenvalue weighted by atomic mass is 9.93. The first-order valence-electron chi connectivity index (χ1n) is 9.23. The van der Waals surface area contributed by atoms with Crippen molar-refractivity contribution in [3.63, 3.8) is 0 Å². The van der Waals surface area contributed by atoms with Gasteiger partial charge in [0, 0.05) is 31.0 Å². The number of carbonyl (C=O) groups is 1. The van der Waals surface area contributed by atoms with Gasteiger partial charge in [-0.3, -0.25) is 4.99 Å². The smallest absolute Gasteiger partial charge is 0.414 e. The van der Waals surface area contributed by atoms with Crippen LogP contribution in [0.3, 0.4) is 0 Å². The Kier molecular flexibility index (Phi) is 4.87. The Labute approximate surface area is 150 Å². The summed E-state index contributed by atoms with van der Waals surface area (Å²) in [6, 6.07) is 10.5. The number of amides is 1. The molecule has 0 spiro atoms. The number of para-hydroxylation sites is 1. The third-order valence-corrected chi connectivity index (χ3v) is 5.08. The maximum Gasteiger partial charge on any atom is 0.516 e. The molecule has 2 aliphatic rings. The largest absolute Gasteiger partial charge is 0.516 e. The van der Waals surface area contributed by atoms with E-state index >= 15 is 0 Å². The zero-order valence-electron chi connectivity index (χ0n) is 15.9. The van der Waals surface area contributed by atoms with Crippen molar-refractivity contribution in [2.24, 2.45) is 10.9 Å². The lowest BCUT2D eigenvalue weighted by Crippen LogP contribution is -2.56. The summed E-state index contributed by atoms with van der Waals surface area (Å²) in [5, 5.41) is 0. The number of aliphatic imine (C=N–C) groups is 1. The van der Waals surface area contributed by atoms with Gasteiger partial charge in [-0.2, -0.15) is 4.79 Å². The molecule has 5 nitrogen and oxygen atoms in total. The number of amidine groups is 1. The molecule has 0 unspecified atom stereocenters. The summed E-state index contributed by atoms with van der Waals surface area (Å²) in [5.74, 6) is 1.62. The van der Waals surface area contributed by atoms with Crippen LogP contribution >= 0.6 is 0 Å². The average Bonchev–Trinajstić information content (AvgIpc) is 3.04. The van der Waals surface area contributed by atoms with Crippen molar-refractivity contribution in [1.29, 1.82) is 0 Å². The first-order valence-corrected chi connectivity index (χ1v) is 9.23. The van der Waals surface area contributed by atoms with Crippen molar-refractivity contribution < 1.29 is 14.0 Å². The number of hydrogen-bond donors (Lipinski definition) is 0. The number of ether oxygens (including phenoxy) is 1. The maximum atomic E-state index is 12.6. The summed E-state index contributed by atoms with van der Waals surface area (Å²) in [6.45, 7) is 9.20. The number of benzene rings is 1. The van der Waals surface area contributed by atoms with Gasteiger partial charge in [0.1, 0.15) is 11.4 Å². The Morgan fingerprint density at radius 1 is 1.20 bits per heavy atom. The van der Waals surface area contributed by atoms with Crippen molar-refractivity contribution in [2.45, 2.75) is 39.2 Å². The van der Waals surface area contributed by atoms with Gasteiger partial charge in [0.2, 0.25) is 0 Å². The Hall–Kier alpha value is -1.88. The topological polar surface area (TPSA) is 41.9 Å². The predicted octanol–water partition coefficient (Wildman–Crippen LogP) is 3.70. The van der Waals surface area contributed by atoms with E-state index in [1.807, 2.05) is 33.9 Å². The van der Waals surface area contributed by atoms with Gasteiger partial charge < -0.3 is 9.64 Å². The predicted molar refractivity (Wildman–Crippen MR) is 101 cm³/mol. The molecule has 2 heterocycles. The van der Waals surface area contributed by atoms with Gasteiger partial charge in [0.15, 0.2) is 0 Å². The van der Waals surface area contributed by atoms with E-state index in [1.54, 1.807) is 0 Å². The molecule has 1 saturated heterocycles. The maximum absolute atomic E-state index is 12.6. The van der Waals surface area contributed by atoms with Gasteiger partial charge in [-0.15, -0.1) is 0 Å². The van der Waals surface area contributed by atoms with Crippen molar-refractivity contribution in [2.75, 3.05) is 38.1 Å². The third-order valence-electron chi connectivity index (χ3n) is 5.08. The van der Waals surface area contributed by atoms with E-state index in [-0.39, 0.29) is 6.09 Å². The minimum Gasteiger partial charge on any atom is -0.414 e. The van der Waals surface area contributed by atoms with E-state index in [9.17, 15) is 4.79 Å². The number of anilines is 1. The molecule has 2 aliphatic heterocycles. The van der Waals surface area contributed by atoms with Crippen LogP contribution in [0.5, 0.6) is 0 Å². The molecule has 1 fully saturated rings. The fourth-order valence-corrected chi connectivity index (χ4v) is 3.63. The van der Waals surface area contributed by atoms with Gasteiger partial charge >= 0.3 is 6.09 Å². The lowest BCUT2D eigenvalue weighted by molar-refractivity contribution is -0.844. The molecule has 1 amide bonds. The van der Waals surface area contributed by atoms with Gasteiger partial charge in [-0.05, 0) is 32.9 Å². The molecule has 0 aromatic heterocycles. The number of quaternary nitrogens is 1. The first-order chi connectivity index (χ1) is 11.8. The second-order valence-corrected chi connectivity index (χ2v) is 8.32. The molecule has 0 N–H and O–H groups in total. The van der Waals surface area contributed by atoms with Crippen molar-refractivity contribution in [1.82, 2.24) is 0 Å².